The Morgan fingerprint density at radius 1 is 1.24 bits per heavy atom. The minimum absolute atomic E-state index is 0.156. The monoisotopic (exact) mass is 266 g/mol. The highest BCUT2D eigenvalue weighted by molar-refractivity contribution is 7.48. The van der Waals surface area contributed by atoms with Gasteiger partial charge in [-0.3, -0.25) is 23.2 Å². The number of carbonyl (C=O) groups excluding carboxylic acids is 2. The van der Waals surface area contributed by atoms with Crippen LogP contribution in [-0.4, -0.2) is 31.4 Å². The molecule has 0 spiro atoms. The van der Waals surface area contributed by atoms with Crippen molar-refractivity contribution in [2.24, 2.45) is 0 Å². The van der Waals surface area contributed by atoms with E-state index in [4.69, 9.17) is 4.52 Å². The van der Waals surface area contributed by atoms with Gasteiger partial charge >= 0.3 is 7.82 Å². The maximum absolute atomic E-state index is 11.8. The van der Waals surface area contributed by atoms with Crippen molar-refractivity contribution in [3.05, 3.63) is 0 Å². The zero-order valence-corrected chi connectivity index (χ0v) is 11.7. The van der Waals surface area contributed by atoms with Crippen molar-refractivity contribution in [2.45, 2.75) is 39.2 Å². The summed E-state index contributed by atoms with van der Waals surface area (Å²) in [6.07, 6.45) is 0.721. The van der Waals surface area contributed by atoms with E-state index in [1.807, 2.05) is 0 Å². The van der Waals surface area contributed by atoms with Crippen LogP contribution in [0.3, 0.4) is 0 Å². The van der Waals surface area contributed by atoms with Crippen LogP contribution < -0.4 is 0 Å². The van der Waals surface area contributed by atoms with Gasteiger partial charge in [0.25, 0.3) is 0 Å². The van der Waals surface area contributed by atoms with Crippen molar-refractivity contribution in [3.63, 3.8) is 0 Å². The molecule has 17 heavy (non-hydrogen) atoms. The van der Waals surface area contributed by atoms with Crippen LogP contribution in [0.25, 0.3) is 0 Å². The largest absolute Gasteiger partial charge is 0.475 e. The number of ketones is 2. The number of phosphoric acid groups is 1. The molecule has 0 aromatic heterocycles. The van der Waals surface area contributed by atoms with E-state index in [1.54, 1.807) is 6.92 Å². The summed E-state index contributed by atoms with van der Waals surface area (Å²) in [6.45, 7) is 4.27. The number of hydrogen-bond acceptors (Lipinski definition) is 6. The van der Waals surface area contributed by atoms with E-state index < -0.39 is 25.0 Å². The Balaban J connectivity index is 5.17. The van der Waals surface area contributed by atoms with Crippen molar-refractivity contribution in [1.82, 2.24) is 0 Å². The van der Waals surface area contributed by atoms with Crippen molar-refractivity contribution in [1.29, 1.82) is 0 Å². The molecule has 0 bridgehead atoms. The number of Topliss-reactive ketones (excluding diaryl/α,β-unsaturated/α-hetero) is 2. The van der Waals surface area contributed by atoms with E-state index >= 15 is 0 Å². The Kier molecular flexibility index (Phi) is 6.19. The molecule has 0 aliphatic heterocycles. The fourth-order valence-electron chi connectivity index (χ4n) is 1.15. The molecular weight excluding hydrogens is 247 g/mol. The Morgan fingerprint density at radius 2 is 1.71 bits per heavy atom. The summed E-state index contributed by atoms with van der Waals surface area (Å²) in [4.78, 5) is 23.4. The first-order chi connectivity index (χ1) is 7.75. The van der Waals surface area contributed by atoms with Gasteiger partial charge in [0.2, 0.25) is 0 Å². The molecule has 0 N–H and O–H groups in total. The number of rotatable bonds is 8. The maximum Gasteiger partial charge on any atom is 0.475 e. The van der Waals surface area contributed by atoms with Crippen molar-refractivity contribution in [2.75, 3.05) is 14.2 Å². The van der Waals surface area contributed by atoms with Gasteiger partial charge in [-0.1, -0.05) is 6.92 Å². The molecule has 0 aliphatic rings. The van der Waals surface area contributed by atoms with Gasteiger partial charge in [0, 0.05) is 20.6 Å². The van der Waals surface area contributed by atoms with E-state index in [2.05, 4.69) is 9.05 Å². The third kappa shape index (κ3) is 4.00. The fourth-order valence-corrected chi connectivity index (χ4v) is 2.13. The summed E-state index contributed by atoms with van der Waals surface area (Å²) in [5.74, 6) is -0.980. The van der Waals surface area contributed by atoms with Crippen LogP contribution in [0.4, 0.5) is 0 Å². The molecule has 0 aliphatic carbocycles. The van der Waals surface area contributed by atoms with Gasteiger partial charge in [0.05, 0.1) is 0 Å². The normalized spacial score (nSPS) is 15.4. The molecule has 0 saturated heterocycles. The average Bonchev–Trinajstić information content (AvgIpc) is 2.28. The zero-order chi connectivity index (χ0) is 13.7. The zero-order valence-electron chi connectivity index (χ0n) is 10.8. The van der Waals surface area contributed by atoms with Gasteiger partial charge in [-0.25, -0.2) is 4.57 Å². The number of phosphoric ester groups is 1. The molecular formula is C10H19O6P. The smallest absolute Gasteiger partial charge is 0.296 e. The highest BCUT2D eigenvalue weighted by Crippen LogP contribution is 2.51. The molecule has 100 valence electrons. The highest BCUT2D eigenvalue weighted by atomic mass is 31.2. The fraction of sp³-hybridized carbons (Fsp3) is 0.800. The molecule has 0 heterocycles. The van der Waals surface area contributed by atoms with Gasteiger partial charge in [-0.15, -0.1) is 0 Å². The second-order valence-corrected chi connectivity index (χ2v) is 5.47. The summed E-state index contributed by atoms with van der Waals surface area (Å²) in [7, 11) is -1.64. The molecule has 0 amide bonds. The van der Waals surface area contributed by atoms with Crippen LogP contribution in [0.15, 0.2) is 0 Å². The first-order valence-electron chi connectivity index (χ1n) is 5.22. The Labute approximate surface area is 101 Å². The van der Waals surface area contributed by atoms with Crippen LogP contribution in [-0.2, 0) is 27.7 Å². The molecule has 0 aromatic rings. The van der Waals surface area contributed by atoms with Crippen molar-refractivity contribution >= 4 is 19.4 Å². The Hall–Kier alpha value is -0.550. The van der Waals surface area contributed by atoms with Crippen LogP contribution in [0.2, 0.25) is 0 Å². The summed E-state index contributed by atoms with van der Waals surface area (Å²) in [6, 6.07) is 0. The molecule has 0 rings (SSSR count). The van der Waals surface area contributed by atoms with Gasteiger partial charge < -0.3 is 0 Å². The average molecular weight is 266 g/mol. The molecule has 7 heteroatoms. The molecule has 0 aromatic carbocycles. The number of carbonyl (C=O) groups is 2. The minimum Gasteiger partial charge on any atom is -0.296 e. The quantitative estimate of drug-likeness (QED) is 0.494. The first kappa shape index (κ1) is 16.4. The summed E-state index contributed by atoms with van der Waals surface area (Å²) in [5, 5.41) is 0. The Bertz CT molecular complexity index is 332. The third-order valence-corrected chi connectivity index (χ3v) is 3.91. The molecule has 6 nitrogen and oxygen atoms in total. The van der Waals surface area contributed by atoms with Gasteiger partial charge in [-0.05, 0) is 20.3 Å². The molecule has 1 unspecified atom stereocenters. The predicted octanol–water partition coefficient (Wildman–Crippen LogP) is 2.12. The molecule has 0 saturated carbocycles. The van der Waals surface area contributed by atoms with E-state index in [-0.39, 0.29) is 6.42 Å². The summed E-state index contributed by atoms with van der Waals surface area (Å²) < 4.78 is 26.0. The SMILES string of the molecule is CCCC(=O)C(C)(OP(=O)(OC)OC)C(C)=O. The predicted molar refractivity (Wildman–Crippen MR) is 61.7 cm³/mol. The van der Waals surface area contributed by atoms with Gasteiger partial charge in [-0.2, -0.15) is 0 Å². The highest BCUT2D eigenvalue weighted by Gasteiger charge is 2.45. The third-order valence-electron chi connectivity index (χ3n) is 2.42. The maximum atomic E-state index is 11.8. The second-order valence-electron chi connectivity index (χ2n) is 3.67. The van der Waals surface area contributed by atoms with E-state index in [0.29, 0.717) is 6.42 Å². The van der Waals surface area contributed by atoms with Gasteiger partial charge in [0.1, 0.15) is 0 Å². The topological polar surface area (TPSA) is 78.9 Å². The van der Waals surface area contributed by atoms with Crippen LogP contribution in [0.1, 0.15) is 33.6 Å². The second kappa shape index (κ2) is 6.40. The standard InChI is InChI=1S/C10H19O6P/c1-6-7-9(12)10(3,8(2)11)16-17(13,14-4)15-5/h6-7H2,1-5H3. The molecule has 0 radical (unpaired) electrons. The molecule has 0 fully saturated rings. The van der Waals surface area contributed by atoms with E-state index in [1.165, 1.54) is 13.8 Å². The number of hydrogen-bond donors (Lipinski definition) is 0. The molecule has 1 atom stereocenters. The minimum atomic E-state index is -3.88. The Morgan fingerprint density at radius 3 is 2.00 bits per heavy atom. The van der Waals surface area contributed by atoms with Crippen LogP contribution >= 0.6 is 7.82 Å². The lowest BCUT2D eigenvalue weighted by Crippen LogP contribution is -2.44. The van der Waals surface area contributed by atoms with Gasteiger partial charge in [0.15, 0.2) is 17.2 Å². The lowest BCUT2D eigenvalue weighted by atomic mass is 9.94. The van der Waals surface area contributed by atoms with E-state index in [9.17, 15) is 14.2 Å². The summed E-state index contributed by atoms with van der Waals surface area (Å²) in [5.41, 5.74) is -1.79. The lowest BCUT2D eigenvalue weighted by Gasteiger charge is -2.28. The van der Waals surface area contributed by atoms with Crippen LogP contribution in [0.5, 0.6) is 0 Å². The first-order valence-corrected chi connectivity index (χ1v) is 6.68. The summed E-state index contributed by atoms with van der Waals surface area (Å²) >= 11 is 0. The lowest BCUT2D eigenvalue weighted by molar-refractivity contribution is -0.146. The van der Waals surface area contributed by atoms with Crippen molar-refractivity contribution in [3.8, 4) is 0 Å². The van der Waals surface area contributed by atoms with E-state index in [0.717, 1.165) is 14.2 Å². The van der Waals surface area contributed by atoms with Crippen molar-refractivity contribution < 1.29 is 27.7 Å². The van der Waals surface area contributed by atoms with Crippen LogP contribution in [0, 0.1) is 0 Å².